The maximum Gasteiger partial charge on any atom is 0.416 e. The highest BCUT2D eigenvalue weighted by molar-refractivity contribution is 8.00. The van der Waals surface area contributed by atoms with Gasteiger partial charge in [0.25, 0.3) is 0 Å². The van der Waals surface area contributed by atoms with Gasteiger partial charge in [0, 0.05) is 11.1 Å². The molecular formula is C16H12F3N3OS2. The third kappa shape index (κ3) is 4.10. The maximum atomic E-state index is 12.6. The minimum atomic E-state index is -4.40. The molecule has 3 aromatic rings. The van der Waals surface area contributed by atoms with Crippen LogP contribution in [0.2, 0.25) is 0 Å². The number of thioether (sulfide) groups is 1. The van der Waals surface area contributed by atoms with E-state index in [-0.39, 0.29) is 5.91 Å². The van der Waals surface area contributed by atoms with Crippen LogP contribution in [-0.2, 0) is 11.0 Å². The number of alkyl halides is 3. The molecule has 0 bridgehead atoms. The van der Waals surface area contributed by atoms with Crippen molar-refractivity contribution in [2.45, 2.75) is 23.4 Å². The van der Waals surface area contributed by atoms with E-state index in [0.29, 0.717) is 10.7 Å². The van der Waals surface area contributed by atoms with Crippen LogP contribution in [0.5, 0.6) is 0 Å². The van der Waals surface area contributed by atoms with E-state index in [1.54, 1.807) is 6.92 Å². The first-order chi connectivity index (χ1) is 11.8. The summed E-state index contributed by atoms with van der Waals surface area (Å²) in [6.07, 6.45) is -2.95. The fourth-order valence-electron chi connectivity index (χ4n) is 2.07. The van der Waals surface area contributed by atoms with Crippen LogP contribution in [-0.4, -0.2) is 21.1 Å². The zero-order chi connectivity index (χ0) is 18.0. The van der Waals surface area contributed by atoms with Crippen molar-refractivity contribution in [2.75, 3.05) is 5.32 Å². The van der Waals surface area contributed by atoms with Crippen LogP contribution in [0.3, 0.4) is 0 Å². The number of hydrogen-bond donors (Lipinski definition) is 1. The summed E-state index contributed by atoms with van der Waals surface area (Å²) in [5.74, 6) is -0.313. The standard InChI is InChI=1S/C16H12F3N3OS2/c1-9(25-15-12-6-7-24-14(12)20-8-21-15)13(23)22-11-4-2-10(3-5-11)16(17,18)19/h2-9H,1H3,(H,22,23)/t9-/m0/s1. The summed E-state index contributed by atoms with van der Waals surface area (Å²) in [4.78, 5) is 21.5. The lowest BCUT2D eigenvalue weighted by atomic mass is 10.2. The van der Waals surface area contributed by atoms with Crippen molar-refractivity contribution in [1.29, 1.82) is 0 Å². The van der Waals surface area contributed by atoms with Gasteiger partial charge in [-0.3, -0.25) is 4.79 Å². The molecule has 0 aliphatic rings. The average molecular weight is 383 g/mol. The number of rotatable bonds is 4. The maximum absolute atomic E-state index is 12.6. The fourth-order valence-corrected chi connectivity index (χ4v) is 3.77. The molecule has 0 spiro atoms. The number of amides is 1. The number of anilines is 1. The van der Waals surface area contributed by atoms with Gasteiger partial charge in [0.15, 0.2) is 0 Å². The summed E-state index contributed by atoms with van der Waals surface area (Å²) >= 11 is 2.76. The minimum absolute atomic E-state index is 0.313. The third-order valence-corrected chi connectivity index (χ3v) is 5.30. The number of carbonyl (C=O) groups excluding carboxylic acids is 1. The summed E-state index contributed by atoms with van der Waals surface area (Å²) in [6.45, 7) is 1.71. The van der Waals surface area contributed by atoms with Crippen molar-refractivity contribution in [2.24, 2.45) is 0 Å². The van der Waals surface area contributed by atoms with E-state index < -0.39 is 17.0 Å². The molecule has 0 saturated heterocycles. The van der Waals surface area contributed by atoms with E-state index in [9.17, 15) is 18.0 Å². The Morgan fingerprint density at radius 2 is 1.92 bits per heavy atom. The van der Waals surface area contributed by atoms with Crippen LogP contribution in [0.4, 0.5) is 18.9 Å². The van der Waals surface area contributed by atoms with Crippen molar-refractivity contribution < 1.29 is 18.0 Å². The summed E-state index contributed by atoms with van der Waals surface area (Å²) in [6, 6.07) is 6.24. The van der Waals surface area contributed by atoms with Crippen LogP contribution in [0, 0.1) is 0 Å². The molecule has 0 fully saturated rings. The first kappa shape index (κ1) is 17.7. The van der Waals surface area contributed by atoms with Crippen molar-refractivity contribution in [3.63, 3.8) is 0 Å². The Bertz CT molecular complexity index is 894. The van der Waals surface area contributed by atoms with Crippen LogP contribution >= 0.6 is 23.1 Å². The molecule has 9 heteroatoms. The van der Waals surface area contributed by atoms with Crippen LogP contribution in [0.25, 0.3) is 10.2 Å². The molecule has 0 aliphatic carbocycles. The average Bonchev–Trinajstić information content (AvgIpc) is 3.04. The number of hydrogen-bond acceptors (Lipinski definition) is 5. The fraction of sp³-hybridized carbons (Fsp3) is 0.188. The highest BCUT2D eigenvalue weighted by Crippen LogP contribution is 2.32. The second-order valence-corrected chi connectivity index (χ2v) is 7.37. The molecule has 0 radical (unpaired) electrons. The predicted molar refractivity (Wildman–Crippen MR) is 92.8 cm³/mol. The Morgan fingerprint density at radius 3 is 2.60 bits per heavy atom. The number of fused-ring (bicyclic) bond motifs is 1. The number of nitrogens with one attached hydrogen (secondary N) is 1. The Balaban J connectivity index is 1.67. The molecule has 2 heterocycles. The molecule has 1 N–H and O–H groups in total. The van der Waals surface area contributed by atoms with Crippen LogP contribution in [0.15, 0.2) is 47.1 Å². The van der Waals surface area contributed by atoms with Crippen molar-refractivity contribution >= 4 is 44.9 Å². The quantitative estimate of drug-likeness (QED) is 0.518. The number of thiophene rings is 1. The number of nitrogens with zero attached hydrogens (tertiary/aromatic N) is 2. The van der Waals surface area contributed by atoms with Gasteiger partial charge in [-0.2, -0.15) is 13.2 Å². The predicted octanol–water partition coefficient (Wildman–Crippen LogP) is 4.83. The monoisotopic (exact) mass is 383 g/mol. The van der Waals surface area contributed by atoms with E-state index in [1.165, 1.54) is 41.6 Å². The molecule has 1 aromatic carbocycles. The molecule has 1 amide bonds. The highest BCUT2D eigenvalue weighted by Gasteiger charge is 2.30. The lowest BCUT2D eigenvalue weighted by molar-refractivity contribution is -0.137. The SMILES string of the molecule is C[C@H](Sc1ncnc2sccc12)C(=O)Nc1ccc(C(F)(F)F)cc1. The summed E-state index contributed by atoms with van der Waals surface area (Å²) in [5, 5.41) is 5.62. The first-order valence-electron chi connectivity index (χ1n) is 7.17. The van der Waals surface area contributed by atoms with Crippen molar-refractivity contribution in [3.8, 4) is 0 Å². The highest BCUT2D eigenvalue weighted by atomic mass is 32.2. The molecule has 1 atom stereocenters. The summed E-state index contributed by atoms with van der Waals surface area (Å²) in [5.41, 5.74) is -0.442. The second-order valence-electron chi connectivity index (χ2n) is 5.14. The summed E-state index contributed by atoms with van der Waals surface area (Å²) < 4.78 is 37.7. The smallest absolute Gasteiger partial charge is 0.325 e. The molecule has 3 rings (SSSR count). The Kier molecular flexibility index (Phi) is 4.96. The van der Waals surface area contributed by atoms with E-state index in [2.05, 4.69) is 15.3 Å². The van der Waals surface area contributed by atoms with Crippen molar-refractivity contribution in [1.82, 2.24) is 9.97 Å². The van der Waals surface area contributed by atoms with Gasteiger partial charge >= 0.3 is 6.18 Å². The van der Waals surface area contributed by atoms with E-state index in [1.807, 2.05) is 11.4 Å². The lowest BCUT2D eigenvalue weighted by Gasteiger charge is -2.13. The summed E-state index contributed by atoms with van der Waals surface area (Å²) in [7, 11) is 0. The second kappa shape index (κ2) is 7.01. The number of carbonyl (C=O) groups is 1. The van der Waals surface area contributed by atoms with Crippen LogP contribution < -0.4 is 5.32 Å². The molecule has 4 nitrogen and oxygen atoms in total. The largest absolute Gasteiger partial charge is 0.416 e. The number of halogens is 3. The van der Waals surface area contributed by atoms with Gasteiger partial charge in [0.05, 0.1) is 10.8 Å². The van der Waals surface area contributed by atoms with E-state index in [4.69, 9.17) is 0 Å². The molecule has 25 heavy (non-hydrogen) atoms. The van der Waals surface area contributed by atoms with Gasteiger partial charge < -0.3 is 5.32 Å². The van der Waals surface area contributed by atoms with E-state index >= 15 is 0 Å². The van der Waals surface area contributed by atoms with Crippen molar-refractivity contribution in [3.05, 3.63) is 47.6 Å². The molecular weight excluding hydrogens is 371 g/mol. The number of aromatic nitrogens is 2. The van der Waals surface area contributed by atoms with Gasteiger partial charge in [-0.1, -0.05) is 11.8 Å². The van der Waals surface area contributed by atoms with Gasteiger partial charge in [-0.05, 0) is 42.6 Å². The van der Waals surface area contributed by atoms with Gasteiger partial charge in [0.1, 0.15) is 16.2 Å². The molecule has 0 unspecified atom stereocenters. The Morgan fingerprint density at radius 1 is 1.20 bits per heavy atom. The van der Waals surface area contributed by atoms with Crippen LogP contribution in [0.1, 0.15) is 12.5 Å². The Hall–Kier alpha value is -2.13. The van der Waals surface area contributed by atoms with Gasteiger partial charge in [-0.25, -0.2) is 9.97 Å². The number of benzene rings is 1. The molecule has 2 aromatic heterocycles. The zero-order valence-corrected chi connectivity index (χ0v) is 14.5. The molecule has 0 saturated carbocycles. The lowest BCUT2D eigenvalue weighted by Crippen LogP contribution is -2.22. The minimum Gasteiger partial charge on any atom is -0.325 e. The zero-order valence-electron chi connectivity index (χ0n) is 12.9. The topological polar surface area (TPSA) is 54.9 Å². The third-order valence-electron chi connectivity index (χ3n) is 3.36. The molecule has 130 valence electrons. The normalized spacial score (nSPS) is 13.0. The van der Waals surface area contributed by atoms with Gasteiger partial charge in [0.2, 0.25) is 5.91 Å². The Labute approximate surface area is 149 Å². The van der Waals surface area contributed by atoms with Gasteiger partial charge in [-0.15, -0.1) is 11.3 Å². The first-order valence-corrected chi connectivity index (χ1v) is 8.93. The molecule has 0 aliphatic heterocycles. The van der Waals surface area contributed by atoms with E-state index in [0.717, 1.165) is 22.3 Å².